The molecule has 2 unspecified atom stereocenters. The fourth-order valence-electron chi connectivity index (χ4n) is 2.33. The van der Waals surface area contributed by atoms with Crippen LogP contribution in [0.2, 0.25) is 5.02 Å². The van der Waals surface area contributed by atoms with E-state index in [0.29, 0.717) is 0 Å². The molecule has 0 fully saturated rings. The van der Waals surface area contributed by atoms with Crippen LogP contribution in [0.4, 0.5) is 4.39 Å². The number of rotatable bonds is 5. The van der Waals surface area contributed by atoms with E-state index >= 15 is 0 Å². The summed E-state index contributed by atoms with van der Waals surface area (Å²) in [4.78, 5) is 12.4. The van der Waals surface area contributed by atoms with Crippen molar-refractivity contribution in [3.63, 3.8) is 0 Å². The number of amides is 1. The minimum atomic E-state index is -0.568. The Morgan fingerprint density at radius 3 is 2.73 bits per heavy atom. The maximum absolute atomic E-state index is 13.9. The number of benzene rings is 1. The second kappa shape index (κ2) is 6.89. The van der Waals surface area contributed by atoms with Crippen LogP contribution < -0.4 is 10.6 Å². The molecule has 0 aliphatic carbocycles. The van der Waals surface area contributed by atoms with E-state index in [9.17, 15) is 9.18 Å². The summed E-state index contributed by atoms with van der Waals surface area (Å²) in [5.74, 6) is -0.718. The minimum absolute atomic E-state index is 0.276. The van der Waals surface area contributed by atoms with Gasteiger partial charge in [0.15, 0.2) is 0 Å². The summed E-state index contributed by atoms with van der Waals surface area (Å²) in [5.41, 5.74) is 1.01. The molecule has 22 heavy (non-hydrogen) atoms. The Balaban J connectivity index is 2.16. The second-order valence-electron chi connectivity index (χ2n) is 5.03. The van der Waals surface area contributed by atoms with Gasteiger partial charge < -0.3 is 10.6 Å². The highest BCUT2D eigenvalue weighted by atomic mass is 35.5. The summed E-state index contributed by atoms with van der Waals surface area (Å²) in [6.45, 7) is 1.69. The molecular formula is C15H18ClFN4O. The number of nitrogens with zero attached hydrogens (tertiary/aromatic N) is 2. The number of aromatic nitrogens is 2. The zero-order valence-corrected chi connectivity index (χ0v) is 13.4. The first-order valence-electron chi connectivity index (χ1n) is 6.84. The van der Waals surface area contributed by atoms with Crippen molar-refractivity contribution in [3.05, 3.63) is 52.6 Å². The number of hydrogen-bond donors (Lipinski definition) is 2. The molecule has 2 rings (SSSR count). The van der Waals surface area contributed by atoms with E-state index in [1.165, 1.54) is 12.1 Å². The maximum atomic E-state index is 13.9. The number of carbonyl (C=O) groups is 1. The van der Waals surface area contributed by atoms with Gasteiger partial charge in [0.2, 0.25) is 5.91 Å². The van der Waals surface area contributed by atoms with Gasteiger partial charge in [-0.1, -0.05) is 17.7 Å². The van der Waals surface area contributed by atoms with E-state index in [1.54, 1.807) is 44.2 Å². The van der Waals surface area contributed by atoms with Crippen LogP contribution >= 0.6 is 11.6 Å². The molecule has 2 aromatic rings. The van der Waals surface area contributed by atoms with Gasteiger partial charge in [0.05, 0.1) is 12.2 Å². The molecule has 0 aliphatic heterocycles. The molecule has 1 amide bonds. The van der Waals surface area contributed by atoms with Crippen molar-refractivity contribution in [2.75, 3.05) is 7.05 Å². The summed E-state index contributed by atoms with van der Waals surface area (Å²) in [7, 11) is 3.45. The Hall–Kier alpha value is -1.92. The van der Waals surface area contributed by atoms with E-state index in [-0.39, 0.29) is 16.5 Å². The predicted octanol–water partition coefficient (Wildman–Crippen LogP) is 2.35. The highest BCUT2D eigenvalue weighted by Crippen LogP contribution is 2.26. The van der Waals surface area contributed by atoms with Crippen LogP contribution in [0.15, 0.2) is 30.6 Å². The quantitative estimate of drug-likeness (QED) is 0.887. The number of halogens is 2. The smallest absolute Gasteiger partial charge is 0.242 e. The van der Waals surface area contributed by atoms with E-state index in [0.717, 1.165) is 5.56 Å². The van der Waals surface area contributed by atoms with Crippen LogP contribution in [0.5, 0.6) is 0 Å². The van der Waals surface area contributed by atoms with E-state index in [4.69, 9.17) is 11.6 Å². The highest BCUT2D eigenvalue weighted by molar-refractivity contribution is 6.31. The molecule has 0 saturated heterocycles. The summed E-state index contributed by atoms with van der Waals surface area (Å²) >= 11 is 6.02. The average molecular weight is 325 g/mol. The SMILES string of the molecule is CNC(C(=O)NC(C)c1c(F)cccc1Cl)c1cnn(C)c1. The van der Waals surface area contributed by atoms with Gasteiger partial charge in [0.1, 0.15) is 11.9 Å². The highest BCUT2D eigenvalue weighted by Gasteiger charge is 2.24. The summed E-state index contributed by atoms with van der Waals surface area (Å²) in [6, 6.07) is 3.33. The lowest BCUT2D eigenvalue weighted by atomic mass is 10.1. The number of nitrogens with one attached hydrogen (secondary N) is 2. The molecule has 118 valence electrons. The lowest BCUT2D eigenvalue weighted by Crippen LogP contribution is -2.37. The number of likely N-dealkylation sites (N-methyl/N-ethyl adjacent to an activating group) is 1. The van der Waals surface area contributed by atoms with Gasteiger partial charge >= 0.3 is 0 Å². The van der Waals surface area contributed by atoms with E-state index in [1.807, 2.05) is 0 Å². The zero-order chi connectivity index (χ0) is 16.3. The third-order valence-electron chi connectivity index (χ3n) is 3.40. The van der Waals surface area contributed by atoms with Crippen molar-refractivity contribution in [2.45, 2.75) is 19.0 Å². The first-order valence-corrected chi connectivity index (χ1v) is 7.22. The third-order valence-corrected chi connectivity index (χ3v) is 3.73. The van der Waals surface area contributed by atoms with Gasteiger partial charge in [-0.3, -0.25) is 9.48 Å². The summed E-state index contributed by atoms with van der Waals surface area (Å²) < 4.78 is 15.5. The number of hydrogen-bond acceptors (Lipinski definition) is 3. The third kappa shape index (κ3) is 3.45. The molecule has 5 nitrogen and oxygen atoms in total. The normalized spacial score (nSPS) is 13.7. The Morgan fingerprint density at radius 1 is 1.45 bits per heavy atom. The molecule has 0 radical (unpaired) electrons. The monoisotopic (exact) mass is 324 g/mol. The Kier molecular flexibility index (Phi) is 5.15. The van der Waals surface area contributed by atoms with Gasteiger partial charge in [0, 0.05) is 29.4 Å². The maximum Gasteiger partial charge on any atom is 0.242 e. The van der Waals surface area contributed by atoms with Crippen molar-refractivity contribution in [3.8, 4) is 0 Å². The molecule has 0 spiro atoms. The lowest BCUT2D eigenvalue weighted by Gasteiger charge is -2.20. The fourth-order valence-corrected chi connectivity index (χ4v) is 2.66. The molecule has 1 aromatic carbocycles. The Morgan fingerprint density at radius 2 is 2.18 bits per heavy atom. The largest absolute Gasteiger partial charge is 0.348 e. The number of carbonyl (C=O) groups excluding carboxylic acids is 1. The van der Waals surface area contributed by atoms with Gasteiger partial charge in [0.25, 0.3) is 0 Å². The van der Waals surface area contributed by atoms with Crippen LogP contribution in [0.25, 0.3) is 0 Å². The van der Waals surface area contributed by atoms with Crippen LogP contribution in [0.1, 0.15) is 30.1 Å². The predicted molar refractivity (Wildman–Crippen MR) is 83.0 cm³/mol. The van der Waals surface area contributed by atoms with Gasteiger partial charge in [-0.2, -0.15) is 5.10 Å². The van der Waals surface area contributed by atoms with Gasteiger partial charge in [-0.25, -0.2) is 4.39 Å². The molecule has 7 heteroatoms. The molecular weight excluding hydrogens is 307 g/mol. The molecule has 0 aliphatic rings. The Labute approximate surface area is 133 Å². The van der Waals surface area contributed by atoms with Crippen LogP contribution in [0, 0.1) is 5.82 Å². The topological polar surface area (TPSA) is 59.0 Å². The van der Waals surface area contributed by atoms with Crippen molar-refractivity contribution in [1.29, 1.82) is 0 Å². The van der Waals surface area contributed by atoms with Crippen molar-refractivity contribution in [1.82, 2.24) is 20.4 Å². The Bertz CT molecular complexity index is 653. The molecule has 1 heterocycles. The average Bonchev–Trinajstić information content (AvgIpc) is 2.85. The second-order valence-corrected chi connectivity index (χ2v) is 5.44. The van der Waals surface area contributed by atoms with Crippen LogP contribution in [-0.4, -0.2) is 22.7 Å². The first-order chi connectivity index (χ1) is 10.4. The fraction of sp³-hybridized carbons (Fsp3) is 0.333. The van der Waals surface area contributed by atoms with E-state index < -0.39 is 17.9 Å². The zero-order valence-electron chi connectivity index (χ0n) is 12.6. The number of aryl methyl sites for hydroxylation is 1. The molecule has 0 bridgehead atoms. The first kappa shape index (κ1) is 16.5. The van der Waals surface area contributed by atoms with Crippen molar-refractivity contribution in [2.24, 2.45) is 7.05 Å². The molecule has 0 saturated carbocycles. The molecule has 2 N–H and O–H groups in total. The van der Waals surface area contributed by atoms with Crippen LogP contribution in [0.3, 0.4) is 0 Å². The summed E-state index contributed by atoms with van der Waals surface area (Å²) in [5, 5.41) is 10.0. The van der Waals surface area contributed by atoms with E-state index in [2.05, 4.69) is 15.7 Å². The summed E-state index contributed by atoms with van der Waals surface area (Å²) in [6.07, 6.45) is 3.36. The minimum Gasteiger partial charge on any atom is -0.348 e. The van der Waals surface area contributed by atoms with Crippen molar-refractivity contribution >= 4 is 17.5 Å². The lowest BCUT2D eigenvalue weighted by molar-refractivity contribution is -0.123. The van der Waals surface area contributed by atoms with Gasteiger partial charge in [-0.05, 0) is 26.1 Å². The van der Waals surface area contributed by atoms with Crippen molar-refractivity contribution < 1.29 is 9.18 Å². The molecule has 2 atom stereocenters. The van der Waals surface area contributed by atoms with Gasteiger partial charge in [-0.15, -0.1) is 0 Å². The standard InChI is InChI=1S/C15H18ClFN4O/c1-9(13-11(16)5-4-6-12(13)17)20-15(22)14(18-2)10-7-19-21(3)8-10/h4-9,14,18H,1-3H3,(H,20,22). The molecule has 1 aromatic heterocycles. The van der Waals surface area contributed by atoms with Crippen LogP contribution in [-0.2, 0) is 11.8 Å².